The van der Waals surface area contributed by atoms with Gasteiger partial charge >= 0.3 is 0 Å². The zero-order chi connectivity index (χ0) is 15.4. The minimum atomic E-state index is -0.286. The molecule has 4 nitrogen and oxygen atoms in total. The van der Waals surface area contributed by atoms with Gasteiger partial charge in [-0.3, -0.25) is 15.0 Å². The van der Waals surface area contributed by atoms with Gasteiger partial charge in [0.05, 0.1) is 30.1 Å². The van der Waals surface area contributed by atoms with Gasteiger partial charge in [0.15, 0.2) is 0 Å². The van der Waals surface area contributed by atoms with Crippen molar-refractivity contribution in [3.8, 4) is 11.3 Å². The van der Waals surface area contributed by atoms with Crippen LogP contribution in [0.5, 0.6) is 0 Å². The van der Waals surface area contributed by atoms with Crippen molar-refractivity contribution in [1.29, 1.82) is 0 Å². The molecule has 0 saturated heterocycles. The largest absolute Gasteiger partial charge is 0.395 e. The predicted molar refractivity (Wildman–Crippen MR) is 80.6 cm³/mol. The van der Waals surface area contributed by atoms with Gasteiger partial charge in [-0.2, -0.15) is 0 Å². The van der Waals surface area contributed by atoms with Crippen molar-refractivity contribution >= 4 is 0 Å². The lowest BCUT2D eigenvalue weighted by atomic mass is 9.98. The molecule has 0 fully saturated rings. The van der Waals surface area contributed by atoms with Gasteiger partial charge in [-0.25, -0.2) is 4.39 Å². The number of benzene rings is 1. The number of pyridine rings is 1. The summed E-state index contributed by atoms with van der Waals surface area (Å²) in [5.41, 5.74) is 3.07. The lowest BCUT2D eigenvalue weighted by Crippen LogP contribution is -2.08. The van der Waals surface area contributed by atoms with Gasteiger partial charge in [0.1, 0.15) is 5.82 Å². The van der Waals surface area contributed by atoms with Crippen molar-refractivity contribution in [3.63, 3.8) is 0 Å². The molecule has 5 heteroatoms. The summed E-state index contributed by atoms with van der Waals surface area (Å²) in [5, 5.41) is 9.62. The fourth-order valence-electron chi connectivity index (χ4n) is 2.25. The highest BCUT2D eigenvalue weighted by Crippen LogP contribution is 2.23. The first-order chi connectivity index (χ1) is 10.8. The highest BCUT2D eigenvalue weighted by atomic mass is 19.1. The summed E-state index contributed by atoms with van der Waals surface area (Å²) in [7, 11) is 0. The summed E-state index contributed by atoms with van der Waals surface area (Å²) in [6, 6.07) is 9.78. The van der Waals surface area contributed by atoms with Crippen molar-refractivity contribution in [3.05, 3.63) is 78.3 Å². The monoisotopic (exact) mass is 295 g/mol. The zero-order valence-corrected chi connectivity index (χ0v) is 11.7. The van der Waals surface area contributed by atoms with E-state index in [0.717, 1.165) is 11.1 Å². The van der Waals surface area contributed by atoms with Crippen molar-refractivity contribution in [2.75, 3.05) is 6.61 Å². The van der Waals surface area contributed by atoms with Crippen molar-refractivity contribution in [1.82, 2.24) is 15.0 Å². The second kappa shape index (κ2) is 6.41. The van der Waals surface area contributed by atoms with Crippen LogP contribution in [-0.4, -0.2) is 26.7 Å². The Morgan fingerprint density at radius 1 is 0.955 bits per heavy atom. The van der Waals surface area contributed by atoms with E-state index in [1.54, 1.807) is 36.9 Å². The normalized spacial score (nSPS) is 12.1. The van der Waals surface area contributed by atoms with Gasteiger partial charge in [-0.05, 0) is 42.0 Å². The van der Waals surface area contributed by atoms with Gasteiger partial charge in [0.2, 0.25) is 0 Å². The molecule has 0 saturated carbocycles. The standard InChI is InChI=1S/C17H14FN3O/c18-14-3-1-13(2-4-14)16-9-21-17(10-20-16)15(11-22)12-5-7-19-8-6-12/h1-10,15,22H,11H2. The number of hydrogen-bond acceptors (Lipinski definition) is 4. The molecule has 3 aromatic rings. The van der Waals surface area contributed by atoms with E-state index in [1.807, 2.05) is 12.1 Å². The number of rotatable bonds is 4. The number of aliphatic hydroxyl groups excluding tert-OH is 1. The van der Waals surface area contributed by atoms with Crippen LogP contribution < -0.4 is 0 Å². The van der Waals surface area contributed by atoms with Crippen LogP contribution in [0.3, 0.4) is 0 Å². The molecular weight excluding hydrogens is 281 g/mol. The maximum absolute atomic E-state index is 12.9. The Bertz CT molecular complexity index is 730. The summed E-state index contributed by atoms with van der Waals surface area (Å²) in [6.07, 6.45) is 6.63. The third-order valence-corrected chi connectivity index (χ3v) is 3.46. The maximum Gasteiger partial charge on any atom is 0.123 e. The van der Waals surface area contributed by atoms with E-state index in [-0.39, 0.29) is 18.3 Å². The number of hydrogen-bond donors (Lipinski definition) is 1. The summed E-state index contributed by atoms with van der Waals surface area (Å²) in [5.74, 6) is -0.524. The van der Waals surface area contributed by atoms with Crippen LogP contribution in [0.1, 0.15) is 17.2 Å². The SMILES string of the molecule is OCC(c1ccncc1)c1cnc(-c2ccc(F)cc2)cn1. The van der Waals surface area contributed by atoms with Crippen LogP contribution >= 0.6 is 0 Å². The van der Waals surface area contributed by atoms with Crippen LogP contribution in [-0.2, 0) is 0 Å². The van der Waals surface area contributed by atoms with E-state index >= 15 is 0 Å². The topological polar surface area (TPSA) is 58.9 Å². The average molecular weight is 295 g/mol. The zero-order valence-electron chi connectivity index (χ0n) is 11.7. The molecule has 2 aromatic heterocycles. The molecule has 3 rings (SSSR count). The second-order valence-corrected chi connectivity index (χ2v) is 4.85. The first-order valence-electron chi connectivity index (χ1n) is 6.86. The van der Waals surface area contributed by atoms with Gasteiger partial charge in [0, 0.05) is 24.2 Å². The maximum atomic E-state index is 12.9. The Morgan fingerprint density at radius 2 is 1.68 bits per heavy atom. The number of nitrogens with zero attached hydrogens (tertiary/aromatic N) is 3. The summed E-state index contributed by atoms with van der Waals surface area (Å²) >= 11 is 0. The molecule has 1 atom stereocenters. The van der Waals surface area contributed by atoms with Crippen LogP contribution in [0.15, 0.2) is 61.2 Å². The molecule has 0 bridgehead atoms. The number of halogens is 1. The van der Waals surface area contributed by atoms with E-state index in [4.69, 9.17) is 0 Å². The minimum Gasteiger partial charge on any atom is -0.395 e. The molecular formula is C17H14FN3O. The summed E-state index contributed by atoms with van der Waals surface area (Å²) in [6.45, 7) is -0.0609. The fourth-order valence-corrected chi connectivity index (χ4v) is 2.25. The van der Waals surface area contributed by atoms with E-state index < -0.39 is 0 Å². The first kappa shape index (κ1) is 14.3. The van der Waals surface area contributed by atoms with E-state index in [9.17, 15) is 9.50 Å². The highest BCUT2D eigenvalue weighted by molar-refractivity contribution is 5.57. The molecule has 0 aliphatic heterocycles. The fraction of sp³-hybridized carbons (Fsp3) is 0.118. The van der Waals surface area contributed by atoms with Crippen LogP contribution in [0.25, 0.3) is 11.3 Å². The average Bonchev–Trinajstić information content (AvgIpc) is 2.58. The minimum absolute atomic E-state index is 0.0609. The van der Waals surface area contributed by atoms with Gasteiger partial charge < -0.3 is 5.11 Å². The third-order valence-electron chi connectivity index (χ3n) is 3.46. The van der Waals surface area contributed by atoms with Crippen LogP contribution in [0.4, 0.5) is 4.39 Å². The van der Waals surface area contributed by atoms with Gasteiger partial charge in [0.25, 0.3) is 0 Å². The van der Waals surface area contributed by atoms with E-state index in [0.29, 0.717) is 11.4 Å². The Hall–Kier alpha value is -2.66. The number of aromatic nitrogens is 3. The molecule has 0 radical (unpaired) electrons. The molecule has 0 amide bonds. The van der Waals surface area contributed by atoms with Crippen molar-refractivity contribution < 1.29 is 9.50 Å². The van der Waals surface area contributed by atoms with Crippen molar-refractivity contribution in [2.45, 2.75) is 5.92 Å². The Morgan fingerprint density at radius 3 is 2.27 bits per heavy atom. The molecule has 2 heterocycles. The molecule has 1 aromatic carbocycles. The highest BCUT2D eigenvalue weighted by Gasteiger charge is 2.15. The quantitative estimate of drug-likeness (QED) is 0.804. The summed E-state index contributed by atoms with van der Waals surface area (Å²) < 4.78 is 12.9. The molecule has 0 aliphatic rings. The van der Waals surface area contributed by atoms with Crippen LogP contribution in [0.2, 0.25) is 0 Å². The molecule has 110 valence electrons. The molecule has 22 heavy (non-hydrogen) atoms. The Kier molecular flexibility index (Phi) is 4.16. The van der Waals surface area contributed by atoms with Crippen molar-refractivity contribution in [2.24, 2.45) is 0 Å². The van der Waals surface area contributed by atoms with Crippen LogP contribution in [0, 0.1) is 5.82 Å². The van der Waals surface area contributed by atoms with E-state index in [2.05, 4.69) is 15.0 Å². The molecule has 1 N–H and O–H groups in total. The molecule has 0 spiro atoms. The lowest BCUT2D eigenvalue weighted by Gasteiger charge is -2.13. The van der Waals surface area contributed by atoms with Gasteiger partial charge in [-0.1, -0.05) is 0 Å². The predicted octanol–water partition coefficient (Wildman–Crippen LogP) is 2.80. The molecule has 1 unspecified atom stereocenters. The van der Waals surface area contributed by atoms with Gasteiger partial charge in [-0.15, -0.1) is 0 Å². The molecule has 0 aliphatic carbocycles. The Balaban J connectivity index is 1.88. The smallest absolute Gasteiger partial charge is 0.123 e. The van der Waals surface area contributed by atoms with E-state index in [1.165, 1.54) is 12.1 Å². The number of aliphatic hydroxyl groups is 1. The first-order valence-corrected chi connectivity index (χ1v) is 6.86. The third kappa shape index (κ3) is 2.99. The summed E-state index contributed by atoms with van der Waals surface area (Å²) in [4.78, 5) is 12.7. The lowest BCUT2D eigenvalue weighted by molar-refractivity contribution is 0.278. The Labute approximate surface area is 127 Å². The second-order valence-electron chi connectivity index (χ2n) is 4.85.